The largest absolute Gasteiger partial charge is 0.379 e. The van der Waals surface area contributed by atoms with Crippen molar-refractivity contribution in [3.63, 3.8) is 0 Å². The monoisotopic (exact) mass is 543 g/mol. The third kappa shape index (κ3) is 7.79. The zero-order chi connectivity index (χ0) is 20.5. The van der Waals surface area contributed by atoms with Crippen molar-refractivity contribution in [3.8, 4) is 0 Å². The molecule has 0 saturated carbocycles. The summed E-state index contributed by atoms with van der Waals surface area (Å²) in [6.45, 7) is 12.2. The highest BCUT2D eigenvalue weighted by atomic mass is 127. The van der Waals surface area contributed by atoms with Crippen LogP contribution in [0.15, 0.2) is 35.5 Å². The van der Waals surface area contributed by atoms with Crippen molar-refractivity contribution in [3.05, 3.63) is 51.5 Å². The molecule has 2 N–H and O–H groups in total. The third-order valence-electron chi connectivity index (χ3n) is 4.98. The molecule has 3 rings (SSSR count). The van der Waals surface area contributed by atoms with Gasteiger partial charge in [-0.1, -0.05) is 29.8 Å². The first-order valence-electron chi connectivity index (χ1n) is 10.5. The fourth-order valence-corrected chi connectivity index (χ4v) is 4.31. The molecule has 2 heterocycles. The molecule has 0 spiro atoms. The average molecular weight is 544 g/mol. The topological polar surface area (TPSA) is 61.8 Å². The van der Waals surface area contributed by atoms with E-state index in [2.05, 4.69) is 65.6 Å². The van der Waals surface area contributed by atoms with E-state index in [1.165, 1.54) is 16.0 Å². The summed E-state index contributed by atoms with van der Waals surface area (Å²) in [5, 5.41) is 8.00. The molecule has 0 aliphatic carbocycles. The van der Waals surface area contributed by atoms with E-state index >= 15 is 0 Å². The lowest BCUT2D eigenvalue weighted by Gasteiger charge is -2.34. The number of benzene rings is 1. The molecule has 1 aliphatic rings. The second kappa shape index (κ2) is 13.2. The van der Waals surface area contributed by atoms with Crippen molar-refractivity contribution in [2.45, 2.75) is 33.2 Å². The van der Waals surface area contributed by atoms with Gasteiger partial charge in [0.1, 0.15) is 0 Å². The minimum atomic E-state index is 0. The van der Waals surface area contributed by atoms with Crippen LogP contribution in [-0.2, 0) is 11.2 Å². The van der Waals surface area contributed by atoms with Gasteiger partial charge in [-0.2, -0.15) is 0 Å². The Morgan fingerprint density at radius 3 is 2.73 bits per heavy atom. The van der Waals surface area contributed by atoms with E-state index in [0.717, 1.165) is 63.3 Å². The van der Waals surface area contributed by atoms with Gasteiger partial charge < -0.3 is 15.4 Å². The van der Waals surface area contributed by atoms with Crippen LogP contribution in [0.5, 0.6) is 0 Å². The number of rotatable bonds is 8. The van der Waals surface area contributed by atoms with Crippen molar-refractivity contribution in [2.75, 3.05) is 45.9 Å². The molecule has 1 saturated heterocycles. The summed E-state index contributed by atoms with van der Waals surface area (Å²) in [6, 6.07) is 9.04. The number of morpholine rings is 1. The Labute approximate surface area is 201 Å². The van der Waals surface area contributed by atoms with Crippen LogP contribution in [0.1, 0.15) is 34.0 Å². The Morgan fingerprint density at radius 2 is 2.07 bits per heavy atom. The molecule has 6 nitrogen and oxygen atoms in total. The molecule has 1 atom stereocenters. The van der Waals surface area contributed by atoms with Gasteiger partial charge in [-0.15, -0.1) is 35.3 Å². The lowest BCUT2D eigenvalue weighted by molar-refractivity contribution is 0.0179. The van der Waals surface area contributed by atoms with E-state index in [1.807, 2.05) is 6.20 Å². The van der Waals surface area contributed by atoms with E-state index in [0.29, 0.717) is 0 Å². The lowest BCUT2D eigenvalue weighted by Crippen LogP contribution is -2.42. The number of ether oxygens (including phenoxy) is 1. The second-order valence-electron chi connectivity index (χ2n) is 7.34. The standard InChI is InChI=1S/C22H33N5OS.HI/c1-4-23-22(24-9-8-21-25-15-18(3)29-21)26-16-20(27-10-12-28-13-11-27)19-7-5-6-17(2)14-19;/h5-7,14-15,20H,4,8-13,16H2,1-3H3,(H2,23,24,26);1H. The van der Waals surface area contributed by atoms with Gasteiger partial charge in [0.25, 0.3) is 0 Å². The molecular weight excluding hydrogens is 509 g/mol. The summed E-state index contributed by atoms with van der Waals surface area (Å²) in [5.74, 6) is 0.867. The molecule has 1 aromatic carbocycles. The Bertz CT molecular complexity index is 791. The maximum atomic E-state index is 5.56. The maximum Gasteiger partial charge on any atom is 0.191 e. The first-order valence-corrected chi connectivity index (χ1v) is 11.3. The zero-order valence-corrected chi connectivity index (χ0v) is 21.3. The molecular formula is C22H34IN5OS. The van der Waals surface area contributed by atoms with Gasteiger partial charge in [-0.25, -0.2) is 4.98 Å². The van der Waals surface area contributed by atoms with Crippen LogP contribution in [0.2, 0.25) is 0 Å². The molecule has 1 unspecified atom stereocenters. The fourth-order valence-electron chi connectivity index (χ4n) is 3.52. The molecule has 1 aliphatic heterocycles. The number of thiazole rings is 1. The molecule has 8 heteroatoms. The predicted octanol–water partition coefficient (Wildman–Crippen LogP) is 3.55. The van der Waals surface area contributed by atoms with Crippen molar-refractivity contribution in [1.29, 1.82) is 0 Å². The van der Waals surface area contributed by atoms with Crippen LogP contribution < -0.4 is 10.6 Å². The quantitative estimate of drug-likeness (QED) is 0.303. The molecule has 0 radical (unpaired) electrons. The number of aromatic nitrogens is 1. The number of aryl methyl sites for hydroxylation is 2. The first-order chi connectivity index (χ1) is 14.2. The van der Waals surface area contributed by atoms with Crippen molar-refractivity contribution < 1.29 is 4.74 Å². The minimum absolute atomic E-state index is 0. The number of hydrogen-bond donors (Lipinski definition) is 2. The smallest absolute Gasteiger partial charge is 0.191 e. The van der Waals surface area contributed by atoms with Crippen LogP contribution in [0, 0.1) is 13.8 Å². The number of nitrogens with one attached hydrogen (secondary N) is 2. The average Bonchev–Trinajstić information content (AvgIpc) is 3.14. The Balaban J connectivity index is 0.00000320. The van der Waals surface area contributed by atoms with Crippen LogP contribution in [0.25, 0.3) is 0 Å². The normalized spacial score (nSPS) is 16.0. The summed E-state index contributed by atoms with van der Waals surface area (Å²) in [6.07, 6.45) is 2.85. The third-order valence-corrected chi connectivity index (χ3v) is 5.95. The lowest BCUT2D eigenvalue weighted by atomic mass is 10.0. The molecule has 1 fully saturated rings. The Kier molecular flexibility index (Phi) is 11.0. The van der Waals surface area contributed by atoms with Crippen LogP contribution >= 0.6 is 35.3 Å². The summed E-state index contributed by atoms with van der Waals surface area (Å²) in [7, 11) is 0. The highest BCUT2D eigenvalue weighted by Gasteiger charge is 2.22. The zero-order valence-electron chi connectivity index (χ0n) is 18.2. The van der Waals surface area contributed by atoms with Gasteiger partial charge >= 0.3 is 0 Å². The van der Waals surface area contributed by atoms with E-state index in [9.17, 15) is 0 Å². The predicted molar refractivity (Wildman–Crippen MR) is 136 cm³/mol. The van der Waals surface area contributed by atoms with Gasteiger partial charge in [0.2, 0.25) is 0 Å². The molecule has 30 heavy (non-hydrogen) atoms. The number of nitrogens with zero attached hydrogens (tertiary/aromatic N) is 3. The van der Waals surface area contributed by atoms with Crippen LogP contribution in [0.4, 0.5) is 0 Å². The summed E-state index contributed by atoms with van der Waals surface area (Å²) in [4.78, 5) is 13.1. The van der Waals surface area contributed by atoms with Crippen molar-refractivity contribution in [1.82, 2.24) is 20.5 Å². The highest BCUT2D eigenvalue weighted by molar-refractivity contribution is 14.0. The summed E-state index contributed by atoms with van der Waals surface area (Å²) < 4.78 is 5.56. The van der Waals surface area contributed by atoms with E-state index in [-0.39, 0.29) is 30.0 Å². The van der Waals surface area contributed by atoms with Gasteiger partial charge in [0.05, 0.1) is 30.8 Å². The first kappa shape index (κ1) is 25.0. The molecule has 0 bridgehead atoms. The van der Waals surface area contributed by atoms with Crippen LogP contribution in [0.3, 0.4) is 0 Å². The fraction of sp³-hybridized carbons (Fsp3) is 0.545. The summed E-state index contributed by atoms with van der Waals surface area (Å²) >= 11 is 1.76. The summed E-state index contributed by atoms with van der Waals surface area (Å²) in [5.41, 5.74) is 2.61. The van der Waals surface area contributed by atoms with E-state index in [1.54, 1.807) is 11.3 Å². The van der Waals surface area contributed by atoms with E-state index < -0.39 is 0 Å². The number of aliphatic imine (C=N–C) groups is 1. The van der Waals surface area contributed by atoms with Crippen molar-refractivity contribution in [2.24, 2.45) is 4.99 Å². The molecule has 1 aromatic heterocycles. The maximum absolute atomic E-state index is 5.56. The minimum Gasteiger partial charge on any atom is -0.379 e. The molecule has 166 valence electrons. The van der Waals surface area contributed by atoms with Gasteiger partial charge in [-0.3, -0.25) is 9.89 Å². The molecule has 0 amide bonds. The van der Waals surface area contributed by atoms with E-state index in [4.69, 9.17) is 9.73 Å². The van der Waals surface area contributed by atoms with Gasteiger partial charge in [0.15, 0.2) is 5.96 Å². The number of guanidine groups is 1. The van der Waals surface area contributed by atoms with Gasteiger partial charge in [0, 0.05) is 43.7 Å². The molecule has 2 aromatic rings. The second-order valence-corrected chi connectivity index (χ2v) is 8.66. The number of hydrogen-bond acceptors (Lipinski definition) is 5. The Morgan fingerprint density at radius 1 is 1.27 bits per heavy atom. The van der Waals surface area contributed by atoms with Crippen molar-refractivity contribution >= 4 is 41.3 Å². The SMILES string of the molecule is CCNC(=NCC(c1cccc(C)c1)N1CCOCC1)NCCc1ncc(C)s1.I. The van der Waals surface area contributed by atoms with Crippen LogP contribution in [-0.4, -0.2) is 61.8 Å². The van der Waals surface area contributed by atoms with Gasteiger partial charge in [-0.05, 0) is 26.3 Å². The Hall–Kier alpha value is -1.23. The number of halogens is 1. The highest BCUT2D eigenvalue weighted by Crippen LogP contribution is 2.23.